The van der Waals surface area contributed by atoms with Crippen LogP contribution in [0.5, 0.6) is 0 Å². The minimum atomic E-state index is -0.534. The van der Waals surface area contributed by atoms with E-state index in [0.717, 1.165) is 11.0 Å². The number of carbonyl (C=O) groups excluding carboxylic acids is 1. The predicted octanol–water partition coefficient (Wildman–Crippen LogP) is 5.23. The molecular weight excluding hydrogens is 415 g/mol. The molecule has 6 nitrogen and oxygen atoms in total. The zero-order valence-electron chi connectivity index (χ0n) is 15.4. The van der Waals surface area contributed by atoms with Crippen LogP contribution in [-0.2, 0) is 11.3 Å². The number of carbonyl (C=O) groups is 1. The van der Waals surface area contributed by atoms with Gasteiger partial charge < -0.3 is 9.73 Å². The number of aromatic nitrogens is 3. The Bertz CT molecular complexity index is 1160. The molecule has 0 spiro atoms. The normalized spacial score (nSPS) is 11.1. The third kappa shape index (κ3) is 4.13. The Morgan fingerprint density at radius 1 is 1.24 bits per heavy atom. The molecule has 0 radical (unpaired) electrons. The van der Waals surface area contributed by atoms with Crippen LogP contribution in [0.3, 0.4) is 0 Å². The number of furan rings is 1. The molecule has 4 aromatic rings. The lowest BCUT2D eigenvalue weighted by atomic mass is 10.2. The number of amides is 1. The third-order valence-corrected chi connectivity index (χ3v) is 5.47. The first kappa shape index (κ1) is 19.5. The highest BCUT2D eigenvalue weighted by molar-refractivity contribution is 7.99. The summed E-state index contributed by atoms with van der Waals surface area (Å²) in [5.74, 6) is 0.560. The Morgan fingerprint density at radius 2 is 2.07 bits per heavy atom. The molecule has 0 fully saturated rings. The lowest BCUT2D eigenvalue weighted by Gasteiger charge is -2.07. The summed E-state index contributed by atoms with van der Waals surface area (Å²) in [5, 5.41) is 12.7. The summed E-state index contributed by atoms with van der Waals surface area (Å²) in [6.45, 7) is 2.59. The van der Waals surface area contributed by atoms with Gasteiger partial charge in [0.15, 0.2) is 10.9 Å². The van der Waals surface area contributed by atoms with Gasteiger partial charge in [-0.1, -0.05) is 41.6 Å². The number of thioether (sulfide) groups is 1. The molecule has 0 aliphatic carbocycles. The maximum atomic E-state index is 13.2. The summed E-state index contributed by atoms with van der Waals surface area (Å²) in [6.07, 6.45) is 0. The topological polar surface area (TPSA) is 73.0 Å². The van der Waals surface area contributed by atoms with Gasteiger partial charge in [0.1, 0.15) is 11.4 Å². The second kappa shape index (κ2) is 8.26. The Hall–Kier alpha value is -2.84. The standard InChI is InChI=1S/C20H16ClFN4O2S/c1-2-26-19(17-9-12-5-3-4-6-16(12)28-17)24-25-20(26)29-11-18(27)23-13-7-8-15(22)14(21)10-13/h3-10H,2,11H2,1H3,(H,23,27). The largest absolute Gasteiger partial charge is 0.453 e. The Morgan fingerprint density at radius 3 is 2.83 bits per heavy atom. The number of fused-ring (bicyclic) bond motifs is 1. The monoisotopic (exact) mass is 430 g/mol. The number of nitrogens with one attached hydrogen (secondary N) is 1. The van der Waals surface area contributed by atoms with E-state index in [1.165, 1.54) is 30.0 Å². The number of anilines is 1. The molecule has 1 N–H and O–H groups in total. The average molecular weight is 431 g/mol. The van der Waals surface area contributed by atoms with Crippen LogP contribution < -0.4 is 5.32 Å². The first-order valence-electron chi connectivity index (χ1n) is 8.85. The van der Waals surface area contributed by atoms with Crippen molar-refractivity contribution in [3.8, 4) is 11.6 Å². The molecule has 0 aliphatic heterocycles. The van der Waals surface area contributed by atoms with Gasteiger partial charge in [0, 0.05) is 17.6 Å². The number of rotatable bonds is 6. The number of hydrogen-bond donors (Lipinski definition) is 1. The molecule has 148 valence electrons. The molecule has 9 heteroatoms. The number of halogens is 2. The zero-order chi connectivity index (χ0) is 20.4. The van der Waals surface area contributed by atoms with Crippen LogP contribution in [0.1, 0.15) is 6.92 Å². The first-order valence-corrected chi connectivity index (χ1v) is 10.2. The highest BCUT2D eigenvalue weighted by Gasteiger charge is 2.18. The second-order valence-corrected chi connectivity index (χ2v) is 7.51. The molecule has 0 saturated heterocycles. The van der Waals surface area contributed by atoms with Gasteiger partial charge in [-0.05, 0) is 37.3 Å². The summed E-state index contributed by atoms with van der Waals surface area (Å²) in [6, 6.07) is 13.7. The lowest BCUT2D eigenvalue weighted by Crippen LogP contribution is -2.14. The molecule has 0 aliphatic rings. The summed E-state index contributed by atoms with van der Waals surface area (Å²) in [5.41, 5.74) is 1.21. The van der Waals surface area contributed by atoms with Gasteiger partial charge in [0.2, 0.25) is 11.7 Å². The molecular formula is C20H16ClFN4O2S. The quantitative estimate of drug-likeness (QED) is 0.424. The SMILES string of the molecule is CCn1c(SCC(=O)Nc2ccc(F)c(Cl)c2)nnc1-c1cc2ccccc2o1. The zero-order valence-corrected chi connectivity index (χ0v) is 16.9. The molecule has 0 unspecified atom stereocenters. The van der Waals surface area contributed by atoms with Crippen molar-refractivity contribution in [3.05, 3.63) is 59.4 Å². The van der Waals surface area contributed by atoms with E-state index >= 15 is 0 Å². The minimum Gasteiger partial charge on any atom is -0.453 e. The van der Waals surface area contributed by atoms with E-state index in [4.69, 9.17) is 16.0 Å². The molecule has 0 bridgehead atoms. The number of para-hydroxylation sites is 1. The molecule has 1 amide bonds. The highest BCUT2D eigenvalue weighted by atomic mass is 35.5. The van der Waals surface area contributed by atoms with Crippen molar-refractivity contribution in [1.29, 1.82) is 0 Å². The molecule has 29 heavy (non-hydrogen) atoms. The smallest absolute Gasteiger partial charge is 0.234 e. The van der Waals surface area contributed by atoms with Crippen molar-refractivity contribution in [1.82, 2.24) is 14.8 Å². The summed E-state index contributed by atoms with van der Waals surface area (Å²) >= 11 is 7.00. The minimum absolute atomic E-state index is 0.0448. The van der Waals surface area contributed by atoms with Gasteiger partial charge in [-0.25, -0.2) is 4.39 Å². The van der Waals surface area contributed by atoms with E-state index in [2.05, 4.69) is 15.5 Å². The maximum Gasteiger partial charge on any atom is 0.234 e. The van der Waals surface area contributed by atoms with Gasteiger partial charge in [-0.2, -0.15) is 0 Å². The van der Waals surface area contributed by atoms with Crippen molar-refractivity contribution < 1.29 is 13.6 Å². The van der Waals surface area contributed by atoms with Crippen LogP contribution in [0.2, 0.25) is 5.02 Å². The van der Waals surface area contributed by atoms with E-state index in [9.17, 15) is 9.18 Å². The van der Waals surface area contributed by atoms with E-state index in [0.29, 0.717) is 29.0 Å². The maximum absolute atomic E-state index is 13.2. The number of benzene rings is 2. The molecule has 2 aromatic carbocycles. The third-order valence-electron chi connectivity index (χ3n) is 4.21. The fraction of sp³-hybridized carbons (Fsp3) is 0.150. The van der Waals surface area contributed by atoms with Gasteiger partial charge in [0.05, 0.1) is 10.8 Å². The number of nitrogens with zero attached hydrogens (tertiary/aromatic N) is 3. The van der Waals surface area contributed by atoms with Crippen molar-refractivity contribution in [2.24, 2.45) is 0 Å². The van der Waals surface area contributed by atoms with E-state index in [1.807, 2.05) is 41.8 Å². The van der Waals surface area contributed by atoms with Crippen LogP contribution in [-0.4, -0.2) is 26.4 Å². The van der Waals surface area contributed by atoms with Crippen molar-refractivity contribution in [2.75, 3.05) is 11.1 Å². The Labute approximate surface area is 175 Å². The fourth-order valence-corrected chi connectivity index (χ4v) is 3.84. The lowest BCUT2D eigenvalue weighted by molar-refractivity contribution is -0.113. The fourth-order valence-electron chi connectivity index (χ4n) is 2.86. The number of hydrogen-bond acceptors (Lipinski definition) is 5. The second-order valence-electron chi connectivity index (χ2n) is 6.16. The van der Waals surface area contributed by atoms with Crippen LogP contribution in [0, 0.1) is 5.82 Å². The van der Waals surface area contributed by atoms with Crippen molar-refractivity contribution >= 4 is 45.9 Å². The first-order chi connectivity index (χ1) is 14.0. The van der Waals surface area contributed by atoms with Crippen LogP contribution in [0.15, 0.2) is 58.1 Å². The summed E-state index contributed by atoms with van der Waals surface area (Å²) in [7, 11) is 0. The summed E-state index contributed by atoms with van der Waals surface area (Å²) in [4.78, 5) is 12.2. The molecule has 0 saturated carbocycles. The summed E-state index contributed by atoms with van der Waals surface area (Å²) < 4.78 is 21.0. The van der Waals surface area contributed by atoms with Gasteiger partial charge >= 0.3 is 0 Å². The van der Waals surface area contributed by atoms with E-state index < -0.39 is 5.82 Å². The highest BCUT2D eigenvalue weighted by Crippen LogP contribution is 2.29. The average Bonchev–Trinajstić information content (AvgIpc) is 3.32. The molecule has 0 atom stereocenters. The van der Waals surface area contributed by atoms with E-state index in [1.54, 1.807) is 0 Å². The van der Waals surface area contributed by atoms with Gasteiger partial charge in [0.25, 0.3) is 0 Å². The Balaban J connectivity index is 1.48. The van der Waals surface area contributed by atoms with Crippen LogP contribution in [0.25, 0.3) is 22.6 Å². The molecule has 4 rings (SSSR count). The molecule has 2 aromatic heterocycles. The van der Waals surface area contributed by atoms with Gasteiger partial charge in [-0.15, -0.1) is 10.2 Å². The van der Waals surface area contributed by atoms with Crippen molar-refractivity contribution in [2.45, 2.75) is 18.6 Å². The van der Waals surface area contributed by atoms with E-state index in [-0.39, 0.29) is 16.7 Å². The van der Waals surface area contributed by atoms with Crippen LogP contribution in [0.4, 0.5) is 10.1 Å². The Kier molecular flexibility index (Phi) is 5.55. The predicted molar refractivity (Wildman–Crippen MR) is 112 cm³/mol. The van der Waals surface area contributed by atoms with Crippen molar-refractivity contribution in [3.63, 3.8) is 0 Å². The van der Waals surface area contributed by atoms with Crippen LogP contribution >= 0.6 is 23.4 Å². The molecule has 2 heterocycles. The van der Waals surface area contributed by atoms with Gasteiger partial charge in [-0.3, -0.25) is 9.36 Å².